The van der Waals surface area contributed by atoms with Crippen LogP contribution in [0.5, 0.6) is 0 Å². The molecule has 0 aromatic heterocycles. The zero-order valence-corrected chi connectivity index (χ0v) is 5.75. The molecule has 0 radical (unpaired) electrons. The van der Waals surface area contributed by atoms with Crippen molar-refractivity contribution in [2.75, 3.05) is 19.0 Å². The van der Waals surface area contributed by atoms with Crippen LogP contribution in [0.4, 0.5) is 0 Å². The number of likely N-dealkylation sites (tertiary alicyclic amines) is 1. The Morgan fingerprint density at radius 3 is 2.44 bits per heavy atom. The fourth-order valence-electron chi connectivity index (χ4n) is 0.821. The SMILES string of the molecule is O=[SH](=O)CN1CC(O)C1. The van der Waals surface area contributed by atoms with Crippen molar-refractivity contribution in [1.82, 2.24) is 4.90 Å². The first-order valence-electron chi connectivity index (χ1n) is 2.70. The number of nitrogens with zero attached hydrogens (tertiary/aromatic N) is 1. The van der Waals surface area contributed by atoms with Gasteiger partial charge in [-0.2, -0.15) is 0 Å². The Labute approximate surface area is 55.0 Å². The van der Waals surface area contributed by atoms with Crippen molar-refractivity contribution in [3.63, 3.8) is 0 Å². The Bertz CT molecular complexity index is 153. The summed E-state index contributed by atoms with van der Waals surface area (Å²) in [5, 5.41) is 8.69. The molecule has 0 aliphatic carbocycles. The zero-order valence-electron chi connectivity index (χ0n) is 4.86. The summed E-state index contributed by atoms with van der Waals surface area (Å²) in [5.74, 6) is 0.0897. The van der Waals surface area contributed by atoms with E-state index in [2.05, 4.69) is 0 Å². The second-order valence-corrected chi connectivity index (χ2v) is 3.11. The van der Waals surface area contributed by atoms with Gasteiger partial charge in [0.05, 0.1) is 12.0 Å². The maximum Gasteiger partial charge on any atom is 0.153 e. The van der Waals surface area contributed by atoms with Crippen LogP contribution in [0.25, 0.3) is 0 Å². The van der Waals surface area contributed by atoms with Gasteiger partial charge in [-0.05, 0) is 0 Å². The highest BCUT2D eigenvalue weighted by atomic mass is 32.2. The lowest BCUT2D eigenvalue weighted by Crippen LogP contribution is -2.51. The third-order valence-corrected chi connectivity index (χ3v) is 1.88. The molecule has 4 nitrogen and oxygen atoms in total. The van der Waals surface area contributed by atoms with E-state index in [0.717, 1.165) is 0 Å². The van der Waals surface area contributed by atoms with Gasteiger partial charge in [0.2, 0.25) is 0 Å². The van der Waals surface area contributed by atoms with E-state index in [1.807, 2.05) is 0 Å². The molecular weight excluding hydrogens is 142 g/mol. The second-order valence-electron chi connectivity index (χ2n) is 2.16. The number of thiol groups is 1. The monoisotopic (exact) mass is 151 g/mol. The molecule has 0 amide bonds. The quantitative estimate of drug-likeness (QED) is 0.459. The van der Waals surface area contributed by atoms with Crippen LogP contribution in [0.15, 0.2) is 0 Å². The molecule has 1 aliphatic rings. The van der Waals surface area contributed by atoms with E-state index in [9.17, 15) is 8.42 Å². The molecule has 9 heavy (non-hydrogen) atoms. The molecule has 0 bridgehead atoms. The first-order valence-corrected chi connectivity index (χ1v) is 4.07. The molecule has 1 rings (SSSR count). The normalized spacial score (nSPS) is 22.4. The van der Waals surface area contributed by atoms with E-state index in [0.29, 0.717) is 13.1 Å². The molecule has 0 atom stereocenters. The molecule has 0 aromatic carbocycles. The van der Waals surface area contributed by atoms with Crippen LogP contribution >= 0.6 is 0 Å². The number of aliphatic hydroxyl groups is 1. The van der Waals surface area contributed by atoms with E-state index in [1.54, 1.807) is 4.90 Å². The molecule has 1 saturated heterocycles. The van der Waals surface area contributed by atoms with Gasteiger partial charge in [0.15, 0.2) is 10.7 Å². The third kappa shape index (κ3) is 1.92. The lowest BCUT2D eigenvalue weighted by molar-refractivity contribution is 0.0146. The van der Waals surface area contributed by atoms with Gasteiger partial charge in [-0.25, -0.2) is 8.42 Å². The minimum absolute atomic E-state index is 0.0897. The number of aliphatic hydroxyl groups excluding tert-OH is 1. The molecule has 1 fully saturated rings. The van der Waals surface area contributed by atoms with Gasteiger partial charge < -0.3 is 5.11 Å². The molecule has 1 heterocycles. The Morgan fingerprint density at radius 2 is 2.11 bits per heavy atom. The molecule has 1 aliphatic heterocycles. The Kier molecular flexibility index (Phi) is 2.05. The van der Waals surface area contributed by atoms with Crippen LogP contribution in [0.3, 0.4) is 0 Å². The van der Waals surface area contributed by atoms with Crippen molar-refractivity contribution in [3.8, 4) is 0 Å². The summed E-state index contributed by atoms with van der Waals surface area (Å²) in [5.41, 5.74) is 0. The Balaban J connectivity index is 2.18. The summed E-state index contributed by atoms with van der Waals surface area (Å²) in [4.78, 5) is 1.68. The average molecular weight is 151 g/mol. The highest BCUT2D eigenvalue weighted by molar-refractivity contribution is 7.72. The summed E-state index contributed by atoms with van der Waals surface area (Å²) in [7, 11) is -2.30. The lowest BCUT2D eigenvalue weighted by atomic mass is 10.2. The average Bonchev–Trinajstić information content (AvgIpc) is 1.60. The number of hydrogen-bond acceptors (Lipinski definition) is 4. The van der Waals surface area contributed by atoms with E-state index >= 15 is 0 Å². The maximum atomic E-state index is 10.0. The predicted molar refractivity (Wildman–Crippen MR) is 32.8 cm³/mol. The van der Waals surface area contributed by atoms with Gasteiger partial charge >= 0.3 is 0 Å². The smallest absolute Gasteiger partial charge is 0.153 e. The van der Waals surface area contributed by atoms with Crippen LogP contribution in [0, 0.1) is 0 Å². The molecule has 1 N–H and O–H groups in total. The summed E-state index contributed by atoms with van der Waals surface area (Å²) in [6, 6.07) is 0. The molecule has 5 heteroatoms. The molecule has 0 aromatic rings. The van der Waals surface area contributed by atoms with E-state index < -0.39 is 10.7 Å². The van der Waals surface area contributed by atoms with Crippen molar-refractivity contribution in [2.45, 2.75) is 6.10 Å². The number of hydrogen-bond donors (Lipinski definition) is 2. The molecule has 54 valence electrons. The predicted octanol–water partition coefficient (Wildman–Crippen LogP) is -1.77. The number of β-amino-alcohol motifs (C(OH)–C–C–N with tert-alkyl or cyclic N) is 1. The van der Waals surface area contributed by atoms with E-state index in [-0.39, 0.29) is 12.0 Å². The first kappa shape index (κ1) is 6.98. The molecule has 0 unspecified atom stereocenters. The topological polar surface area (TPSA) is 57.6 Å². The van der Waals surface area contributed by atoms with Crippen LogP contribution in [0.2, 0.25) is 0 Å². The van der Waals surface area contributed by atoms with Crippen LogP contribution in [-0.4, -0.2) is 43.5 Å². The van der Waals surface area contributed by atoms with Gasteiger partial charge in [0, 0.05) is 13.1 Å². The van der Waals surface area contributed by atoms with E-state index in [1.165, 1.54) is 0 Å². The van der Waals surface area contributed by atoms with Crippen LogP contribution < -0.4 is 0 Å². The van der Waals surface area contributed by atoms with Crippen molar-refractivity contribution >= 4 is 10.7 Å². The van der Waals surface area contributed by atoms with Crippen LogP contribution in [-0.2, 0) is 10.7 Å². The largest absolute Gasteiger partial charge is 0.390 e. The number of rotatable bonds is 2. The Morgan fingerprint density at radius 1 is 1.56 bits per heavy atom. The van der Waals surface area contributed by atoms with Crippen molar-refractivity contribution in [3.05, 3.63) is 0 Å². The van der Waals surface area contributed by atoms with Crippen LogP contribution in [0.1, 0.15) is 0 Å². The van der Waals surface area contributed by atoms with E-state index in [4.69, 9.17) is 5.11 Å². The summed E-state index contributed by atoms with van der Waals surface area (Å²) >= 11 is 0. The fraction of sp³-hybridized carbons (Fsp3) is 1.00. The highest BCUT2D eigenvalue weighted by Gasteiger charge is 2.23. The Hall–Kier alpha value is -0.130. The standard InChI is InChI=1S/C4H9NO3S/c6-4-1-5(2-4)3-9(7)8/h4,6,9H,1-3H2. The van der Waals surface area contributed by atoms with Crippen molar-refractivity contribution in [1.29, 1.82) is 0 Å². The highest BCUT2D eigenvalue weighted by Crippen LogP contribution is 2.05. The third-order valence-electron chi connectivity index (χ3n) is 1.25. The van der Waals surface area contributed by atoms with Gasteiger partial charge in [-0.15, -0.1) is 0 Å². The van der Waals surface area contributed by atoms with Crippen molar-refractivity contribution < 1.29 is 13.5 Å². The van der Waals surface area contributed by atoms with Gasteiger partial charge in [0.25, 0.3) is 0 Å². The first-order chi connectivity index (χ1) is 4.18. The lowest BCUT2D eigenvalue weighted by Gasteiger charge is -2.33. The second kappa shape index (κ2) is 2.64. The van der Waals surface area contributed by atoms with Crippen molar-refractivity contribution in [2.24, 2.45) is 0 Å². The fourth-order valence-corrected chi connectivity index (χ4v) is 1.38. The molecular formula is C4H9NO3S. The maximum absolute atomic E-state index is 10.0. The summed E-state index contributed by atoms with van der Waals surface area (Å²) in [6.07, 6.45) is -0.306. The molecule has 0 saturated carbocycles. The van der Waals surface area contributed by atoms with Gasteiger partial charge in [-0.1, -0.05) is 0 Å². The minimum Gasteiger partial charge on any atom is -0.390 e. The van der Waals surface area contributed by atoms with Gasteiger partial charge in [0.1, 0.15) is 0 Å². The zero-order chi connectivity index (χ0) is 6.85. The summed E-state index contributed by atoms with van der Waals surface area (Å²) < 4.78 is 20.0. The molecule has 0 spiro atoms. The minimum atomic E-state index is -2.30. The summed E-state index contributed by atoms with van der Waals surface area (Å²) in [6.45, 7) is 1.01. The van der Waals surface area contributed by atoms with Gasteiger partial charge in [-0.3, -0.25) is 4.90 Å².